The number of alkyl carbamates (subject to hydrolysis) is 1. The Morgan fingerprint density at radius 2 is 1.79 bits per heavy atom. The molecule has 1 saturated heterocycles. The number of hydrogen-bond acceptors (Lipinski definition) is 6. The molecule has 8 heteroatoms. The first-order chi connectivity index (χ1) is 15.6. The number of carbonyl (C=O) groups excluding carboxylic acids is 1. The molecular formula is C25H29BN2O5. The number of nitriles is 1. The standard InChI is InChI=1S/C25H29BN2O5/c1-24(2)25(3,4)33-26(32-24)21(14-20-13-19(15-27)11-12-22(20)30-5)16-28-23(29)31-17-18-9-7-6-8-10-18/h6-14H,16-17H2,1-5H3,(H,28,29). The smallest absolute Gasteiger partial charge is 0.492 e. The highest BCUT2D eigenvalue weighted by Gasteiger charge is 2.52. The van der Waals surface area contributed by atoms with Crippen molar-refractivity contribution in [1.82, 2.24) is 5.32 Å². The van der Waals surface area contributed by atoms with Crippen LogP contribution in [-0.4, -0.2) is 38.1 Å². The monoisotopic (exact) mass is 448 g/mol. The highest BCUT2D eigenvalue weighted by molar-refractivity contribution is 6.56. The van der Waals surface area contributed by atoms with Crippen molar-refractivity contribution >= 4 is 19.3 Å². The number of rotatable bonds is 7. The molecule has 1 N–H and O–H groups in total. The van der Waals surface area contributed by atoms with Crippen molar-refractivity contribution in [3.8, 4) is 11.8 Å². The van der Waals surface area contributed by atoms with Gasteiger partial charge in [0, 0.05) is 12.1 Å². The van der Waals surface area contributed by atoms with Gasteiger partial charge in [0.05, 0.1) is 29.9 Å². The molecule has 172 valence electrons. The Morgan fingerprint density at radius 3 is 2.39 bits per heavy atom. The van der Waals surface area contributed by atoms with Gasteiger partial charge in [0.2, 0.25) is 0 Å². The van der Waals surface area contributed by atoms with E-state index in [4.69, 9.17) is 18.8 Å². The summed E-state index contributed by atoms with van der Waals surface area (Å²) in [6.07, 6.45) is 1.26. The Balaban J connectivity index is 1.82. The lowest BCUT2D eigenvalue weighted by Gasteiger charge is -2.32. The van der Waals surface area contributed by atoms with Gasteiger partial charge in [0.15, 0.2) is 0 Å². The Bertz CT molecular complexity index is 1040. The van der Waals surface area contributed by atoms with Crippen molar-refractivity contribution in [3.63, 3.8) is 0 Å². The van der Waals surface area contributed by atoms with Crippen molar-refractivity contribution in [2.24, 2.45) is 0 Å². The number of nitrogens with one attached hydrogen (secondary N) is 1. The summed E-state index contributed by atoms with van der Waals surface area (Å²) in [4.78, 5) is 12.4. The van der Waals surface area contributed by atoms with E-state index in [-0.39, 0.29) is 13.2 Å². The molecule has 0 aliphatic carbocycles. The molecule has 0 saturated carbocycles. The summed E-state index contributed by atoms with van der Waals surface area (Å²) in [5, 5.41) is 12.1. The summed E-state index contributed by atoms with van der Waals surface area (Å²) >= 11 is 0. The summed E-state index contributed by atoms with van der Waals surface area (Å²) in [6.45, 7) is 8.14. The molecule has 1 aliphatic rings. The number of carbonyl (C=O) groups is 1. The van der Waals surface area contributed by atoms with Crippen molar-refractivity contribution in [1.29, 1.82) is 5.26 Å². The quantitative estimate of drug-likeness (QED) is 0.627. The summed E-state index contributed by atoms with van der Waals surface area (Å²) in [5.74, 6) is 0.592. The predicted octanol–water partition coefficient (Wildman–Crippen LogP) is 4.51. The Kier molecular flexibility index (Phi) is 7.47. The third-order valence-electron chi connectivity index (χ3n) is 5.91. The average Bonchev–Trinajstić information content (AvgIpc) is 3.02. The number of hydrogen-bond donors (Lipinski definition) is 1. The van der Waals surface area contributed by atoms with Crippen LogP contribution in [0, 0.1) is 11.3 Å². The predicted molar refractivity (Wildman–Crippen MR) is 126 cm³/mol. The van der Waals surface area contributed by atoms with Crippen LogP contribution in [0.4, 0.5) is 4.79 Å². The van der Waals surface area contributed by atoms with Gasteiger partial charge in [-0.15, -0.1) is 0 Å². The fourth-order valence-electron chi connectivity index (χ4n) is 3.26. The van der Waals surface area contributed by atoms with E-state index < -0.39 is 24.4 Å². The summed E-state index contributed by atoms with van der Waals surface area (Å²) < 4.78 is 23.2. The highest BCUT2D eigenvalue weighted by Crippen LogP contribution is 2.39. The number of nitrogens with zero attached hydrogens (tertiary/aromatic N) is 1. The zero-order chi connectivity index (χ0) is 24.1. The lowest BCUT2D eigenvalue weighted by Crippen LogP contribution is -2.41. The summed E-state index contributed by atoms with van der Waals surface area (Å²) in [5.41, 5.74) is 1.63. The molecule has 0 atom stereocenters. The van der Waals surface area contributed by atoms with Crippen molar-refractivity contribution in [2.45, 2.75) is 45.5 Å². The Hall–Kier alpha value is -3.28. The van der Waals surface area contributed by atoms with Gasteiger partial charge < -0.3 is 24.1 Å². The first kappa shape index (κ1) is 24.4. The maximum absolute atomic E-state index is 12.4. The molecule has 3 rings (SSSR count). The molecule has 0 unspecified atom stereocenters. The normalized spacial score (nSPS) is 16.7. The second-order valence-electron chi connectivity index (χ2n) is 8.79. The molecule has 0 spiro atoms. The van der Waals surface area contributed by atoms with Crippen LogP contribution in [0.2, 0.25) is 0 Å². The van der Waals surface area contributed by atoms with Gasteiger partial charge in [0.25, 0.3) is 0 Å². The minimum absolute atomic E-state index is 0.129. The van der Waals surface area contributed by atoms with Crippen LogP contribution in [0.5, 0.6) is 5.75 Å². The van der Waals surface area contributed by atoms with Crippen LogP contribution < -0.4 is 10.1 Å². The molecule has 1 aliphatic heterocycles. The van der Waals surface area contributed by atoms with Crippen LogP contribution in [-0.2, 0) is 20.7 Å². The second kappa shape index (κ2) is 10.1. The van der Waals surface area contributed by atoms with E-state index in [9.17, 15) is 10.1 Å². The van der Waals surface area contributed by atoms with E-state index in [1.807, 2.05) is 64.1 Å². The van der Waals surface area contributed by atoms with Crippen LogP contribution >= 0.6 is 0 Å². The van der Waals surface area contributed by atoms with Gasteiger partial charge >= 0.3 is 13.2 Å². The van der Waals surface area contributed by atoms with Crippen molar-refractivity contribution in [3.05, 3.63) is 70.7 Å². The molecule has 2 aromatic rings. The van der Waals surface area contributed by atoms with E-state index in [0.29, 0.717) is 22.3 Å². The molecule has 2 aromatic carbocycles. The molecule has 0 bridgehead atoms. The molecule has 1 amide bonds. The maximum Gasteiger partial charge on any atom is 0.492 e. The highest BCUT2D eigenvalue weighted by atomic mass is 16.7. The first-order valence-corrected chi connectivity index (χ1v) is 10.7. The zero-order valence-electron chi connectivity index (χ0n) is 19.7. The minimum Gasteiger partial charge on any atom is -0.496 e. The Labute approximate surface area is 195 Å². The first-order valence-electron chi connectivity index (χ1n) is 10.7. The molecule has 0 aromatic heterocycles. The SMILES string of the molecule is COc1ccc(C#N)cc1C=C(CNC(=O)OCc1ccccc1)B1OC(C)(C)C(C)(C)O1. The van der Waals surface area contributed by atoms with Gasteiger partial charge in [-0.25, -0.2) is 4.79 Å². The summed E-state index contributed by atoms with van der Waals surface area (Å²) in [7, 11) is 0.867. The van der Waals surface area contributed by atoms with E-state index in [1.54, 1.807) is 25.3 Å². The second-order valence-corrected chi connectivity index (χ2v) is 8.79. The number of amides is 1. The van der Waals surface area contributed by atoms with Gasteiger partial charge in [-0.2, -0.15) is 5.26 Å². The largest absolute Gasteiger partial charge is 0.496 e. The minimum atomic E-state index is -0.695. The average molecular weight is 448 g/mol. The molecular weight excluding hydrogens is 419 g/mol. The third kappa shape index (κ3) is 5.95. The molecule has 1 heterocycles. The van der Waals surface area contributed by atoms with Crippen LogP contribution in [0.15, 0.2) is 54.0 Å². The van der Waals surface area contributed by atoms with Gasteiger partial charge in [-0.1, -0.05) is 36.4 Å². The van der Waals surface area contributed by atoms with Crippen molar-refractivity contribution in [2.75, 3.05) is 13.7 Å². The fourth-order valence-corrected chi connectivity index (χ4v) is 3.26. The third-order valence-corrected chi connectivity index (χ3v) is 5.91. The number of benzene rings is 2. The number of ether oxygens (including phenoxy) is 2. The fraction of sp³-hybridized carbons (Fsp3) is 0.360. The van der Waals surface area contributed by atoms with E-state index in [2.05, 4.69) is 11.4 Å². The van der Waals surface area contributed by atoms with E-state index in [0.717, 1.165) is 5.56 Å². The van der Waals surface area contributed by atoms with E-state index >= 15 is 0 Å². The van der Waals surface area contributed by atoms with Crippen molar-refractivity contribution < 1.29 is 23.6 Å². The van der Waals surface area contributed by atoms with Crippen LogP contribution in [0.1, 0.15) is 44.4 Å². The van der Waals surface area contributed by atoms with Gasteiger partial charge in [-0.05, 0) is 56.9 Å². The maximum atomic E-state index is 12.4. The molecule has 1 fully saturated rings. The van der Waals surface area contributed by atoms with Gasteiger partial charge in [0.1, 0.15) is 12.4 Å². The lowest BCUT2D eigenvalue weighted by atomic mass is 9.77. The summed E-state index contributed by atoms with van der Waals surface area (Å²) in [6, 6.07) is 16.7. The Morgan fingerprint density at radius 1 is 1.12 bits per heavy atom. The van der Waals surface area contributed by atoms with Gasteiger partial charge in [-0.3, -0.25) is 0 Å². The molecule has 33 heavy (non-hydrogen) atoms. The van der Waals surface area contributed by atoms with Crippen LogP contribution in [0.3, 0.4) is 0 Å². The number of methoxy groups -OCH3 is 1. The van der Waals surface area contributed by atoms with E-state index in [1.165, 1.54) is 0 Å². The molecule has 7 nitrogen and oxygen atoms in total. The lowest BCUT2D eigenvalue weighted by molar-refractivity contribution is 0.00578. The topological polar surface area (TPSA) is 89.8 Å². The zero-order valence-corrected chi connectivity index (χ0v) is 19.7. The van der Waals surface area contributed by atoms with Crippen LogP contribution in [0.25, 0.3) is 6.08 Å². The molecule has 0 radical (unpaired) electrons.